The highest BCUT2D eigenvalue weighted by molar-refractivity contribution is 6.33. The molecular formula is C23H21ClF6O3. The van der Waals surface area contributed by atoms with Crippen LogP contribution in [0.4, 0.5) is 26.3 Å². The van der Waals surface area contributed by atoms with Gasteiger partial charge < -0.3 is 9.47 Å². The first-order valence-electron chi connectivity index (χ1n) is 10.2. The monoisotopic (exact) mass is 494 g/mol. The fourth-order valence-electron chi connectivity index (χ4n) is 3.76. The highest BCUT2D eigenvalue weighted by Crippen LogP contribution is 2.58. The molecule has 0 heterocycles. The van der Waals surface area contributed by atoms with Crippen LogP contribution in [0.3, 0.4) is 0 Å². The Labute approximate surface area is 191 Å². The van der Waals surface area contributed by atoms with E-state index in [1.165, 1.54) is 12.1 Å². The Morgan fingerprint density at radius 2 is 1.73 bits per heavy atom. The summed E-state index contributed by atoms with van der Waals surface area (Å²) in [5, 5.41) is 0.0168. The maximum Gasteiger partial charge on any atom is 0.422 e. The number of rotatable bonds is 7. The molecule has 0 saturated heterocycles. The number of esters is 1. The second-order valence-electron chi connectivity index (χ2n) is 7.86. The van der Waals surface area contributed by atoms with Crippen molar-refractivity contribution in [3.8, 4) is 16.9 Å². The third kappa shape index (κ3) is 5.75. The molecule has 0 bridgehead atoms. The number of benzene rings is 2. The summed E-state index contributed by atoms with van der Waals surface area (Å²) in [4.78, 5) is 11.8. The van der Waals surface area contributed by atoms with Gasteiger partial charge in [-0.05, 0) is 48.2 Å². The summed E-state index contributed by atoms with van der Waals surface area (Å²) in [6.07, 6.45) is -8.04. The number of hydrogen-bond acceptors (Lipinski definition) is 3. The van der Waals surface area contributed by atoms with E-state index >= 15 is 0 Å². The van der Waals surface area contributed by atoms with Crippen molar-refractivity contribution in [2.24, 2.45) is 0 Å². The van der Waals surface area contributed by atoms with E-state index in [4.69, 9.17) is 21.1 Å². The second-order valence-corrected chi connectivity index (χ2v) is 8.26. The summed E-state index contributed by atoms with van der Waals surface area (Å²) in [5.41, 5.74) is -0.926. The van der Waals surface area contributed by atoms with Gasteiger partial charge in [0.25, 0.3) is 0 Å². The highest BCUT2D eigenvalue weighted by atomic mass is 35.5. The van der Waals surface area contributed by atoms with Crippen molar-refractivity contribution in [2.45, 2.75) is 57.0 Å². The van der Waals surface area contributed by atoms with Crippen LogP contribution in [0.2, 0.25) is 5.02 Å². The van der Waals surface area contributed by atoms with Crippen molar-refractivity contribution in [3.05, 3.63) is 52.5 Å². The zero-order valence-electron chi connectivity index (χ0n) is 17.7. The molecule has 0 aliphatic heterocycles. The summed E-state index contributed by atoms with van der Waals surface area (Å²) < 4.78 is 87.8. The van der Waals surface area contributed by atoms with Crippen LogP contribution in [0.1, 0.15) is 50.2 Å². The van der Waals surface area contributed by atoms with Crippen molar-refractivity contribution in [1.29, 1.82) is 0 Å². The van der Waals surface area contributed by atoms with Crippen molar-refractivity contribution in [1.82, 2.24) is 0 Å². The molecule has 2 aromatic rings. The minimum Gasteiger partial charge on any atom is -0.483 e. The minimum absolute atomic E-state index is 0.0168. The van der Waals surface area contributed by atoms with Gasteiger partial charge in [0.05, 0.1) is 10.6 Å². The topological polar surface area (TPSA) is 35.5 Å². The predicted octanol–water partition coefficient (Wildman–Crippen LogP) is 7.56. The zero-order chi connectivity index (χ0) is 24.6. The van der Waals surface area contributed by atoms with Gasteiger partial charge in [-0.3, -0.25) is 4.79 Å². The van der Waals surface area contributed by atoms with Crippen LogP contribution in [0, 0.1) is 0 Å². The number of carbonyl (C=O) groups is 1. The number of halogens is 7. The Morgan fingerprint density at radius 1 is 1.09 bits per heavy atom. The van der Waals surface area contributed by atoms with E-state index in [2.05, 4.69) is 0 Å². The van der Waals surface area contributed by atoms with E-state index in [9.17, 15) is 31.1 Å². The van der Waals surface area contributed by atoms with Gasteiger partial charge in [-0.25, -0.2) is 0 Å². The molecule has 0 N–H and O–H groups in total. The second kappa shape index (κ2) is 9.08. The van der Waals surface area contributed by atoms with Gasteiger partial charge in [0.2, 0.25) is 0 Å². The fourth-order valence-corrected chi connectivity index (χ4v) is 4.09. The normalized spacial score (nSPS) is 20.5. The fraction of sp³-hybridized carbons (Fsp3) is 0.435. The summed E-state index contributed by atoms with van der Waals surface area (Å²) >= 11 is 6.40. The van der Waals surface area contributed by atoms with Gasteiger partial charge in [-0.15, -0.1) is 0 Å². The lowest BCUT2D eigenvalue weighted by atomic mass is 9.98. The smallest absolute Gasteiger partial charge is 0.422 e. The number of carbonyl (C=O) groups excluding carboxylic acids is 1. The van der Waals surface area contributed by atoms with E-state index in [1.807, 2.05) is 6.92 Å². The summed E-state index contributed by atoms with van der Waals surface area (Å²) in [7, 11) is 0. The number of alkyl halides is 6. The van der Waals surface area contributed by atoms with Crippen molar-refractivity contribution >= 4 is 17.6 Å². The largest absolute Gasteiger partial charge is 0.483 e. The van der Waals surface area contributed by atoms with Gasteiger partial charge >= 0.3 is 18.3 Å². The van der Waals surface area contributed by atoms with Crippen molar-refractivity contribution in [3.63, 3.8) is 0 Å². The van der Waals surface area contributed by atoms with Crippen LogP contribution in [0.15, 0.2) is 36.4 Å². The molecule has 33 heavy (non-hydrogen) atoms. The third-order valence-electron chi connectivity index (χ3n) is 5.60. The molecule has 3 nitrogen and oxygen atoms in total. The van der Waals surface area contributed by atoms with Crippen LogP contribution in [-0.4, -0.2) is 24.4 Å². The Balaban J connectivity index is 2.01. The molecule has 0 spiro atoms. The van der Waals surface area contributed by atoms with Gasteiger partial charge in [0, 0.05) is 17.9 Å². The molecule has 0 radical (unpaired) electrons. The Hall–Kier alpha value is -2.42. The first kappa shape index (κ1) is 25.2. The zero-order valence-corrected chi connectivity index (χ0v) is 18.5. The molecule has 2 aromatic carbocycles. The van der Waals surface area contributed by atoms with Gasteiger partial charge in [-0.2, -0.15) is 26.3 Å². The number of hydrogen-bond donors (Lipinski definition) is 0. The van der Waals surface area contributed by atoms with Crippen molar-refractivity contribution in [2.75, 3.05) is 6.61 Å². The molecule has 1 aliphatic carbocycles. The van der Waals surface area contributed by atoms with Gasteiger partial charge in [-0.1, -0.05) is 37.6 Å². The molecule has 1 saturated carbocycles. The maximum absolute atomic E-state index is 12.9. The molecule has 3 rings (SSSR count). The molecule has 10 heteroatoms. The maximum atomic E-state index is 12.9. The molecule has 1 aliphatic rings. The van der Waals surface area contributed by atoms with E-state index in [0.29, 0.717) is 18.4 Å². The molecule has 0 amide bonds. The van der Waals surface area contributed by atoms with E-state index in [0.717, 1.165) is 24.3 Å². The van der Waals surface area contributed by atoms with Crippen LogP contribution in [-0.2, 0) is 15.7 Å². The van der Waals surface area contributed by atoms with E-state index < -0.39 is 30.1 Å². The summed E-state index contributed by atoms with van der Waals surface area (Å²) in [6, 6.07) is 6.80. The van der Waals surface area contributed by atoms with Crippen LogP contribution in [0.25, 0.3) is 11.1 Å². The summed E-state index contributed by atoms with van der Waals surface area (Å²) in [5.74, 6) is -0.890. The quantitative estimate of drug-likeness (QED) is 0.294. The van der Waals surface area contributed by atoms with Gasteiger partial charge in [0.1, 0.15) is 11.4 Å². The molecule has 0 aromatic heterocycles. The van der Waals surface area contributed by atoms with Crippen molar-refractivity contribution < 1.29 is 40.6 Å². The van der Waals surface area contributed by atoms with Crippen LogP contribution in [0.5, 0.6) is 5.75 Å². The SMILES string of the molecule is CCC(=O)OC1(CC)CC1c1cc(Cl)c(-c2ccc(C(F)(F)F)cc2)c(OCC(F)(F)F)c1. The Bertz CT molecular complexity index is 1020. The highest BCUT2D eigenvalue weighted by Gasteiger charge is 2.57. The lowest BCUT2D eigenvalue weighted by Crippen LogP contribution is -2.21. The first-order chi connectivity index (χ1) is 15.3. The average molecular weight is 495 g/mol. The predicted molar refractivity (Wildman–Crippen MR) is 110 cm³/mol. The standard InChI is InChI=1S/C23H21ClF6O3/c1-3-19(31)33-21(4-2)11-16(21)14-9-17(24)20(18(10-14)32-12-22(25,26)27)13-5-7-15(8-6-13)23(28,29)30/h5-10,16H,3-4,11-12H2,1-2H3. The molecule has 2 unspecified atom stereocenters. The Kier molecular flexibility index (Phi) is 6.94. The number of ether oxygens (including phenoxy) is 2. The molecule has 1 fully saturated rings. The Morgan fingerprint density at radius 3 is 2.24 bits per heavy atom. The lowest BCUT2D eigenvalue weighted by Gasteiger charge is -2.19. The van der Waals surface area contributed by atoms with Crippen LogP contribution < -0.4 is 4.74 Å². The third-order valence-corrected chi connectivity index (χ3v) is 5.90. The van der Waals surface area contributed by atoms with Gasteiger partial charge in [0.15, 0.2) is 6.61 Å². The molecule has 2 atom stereocenters. The molecule has 180 valence electrons. The van der Waals surface area contributed by atoms with E-state index in [1.54, 1.807) is 6.92 Å². The summed E-state index contributed by atoms with van der Waals surface area (Å²) in [6.45, 7) is 1.89. The van der Waals surface area contributed by atoms with Crippen LogP contribution >= 0.6 is 11.6 Å². The first-order valence-corrected chi connectivity index (χ1v) is 10.6. The average Bonchev–Trinajstić information content (AvgIpc) is 3.45. The van der Waals surface area contributed by atoms with E-state index in [-0.39, 0.29) is 40.2 Å². The lowest BCUT2D eigenvalue weighted by molar-refractivity contribution is -0.153. The molecular weight excluding hydrogens is 474 g/mol. The minimum atomic E-state index is -4.64.